The molecule has 1 aliphatic carbocycles. The van der Waals surface area contributed by atoms with Crippen LogP contribution in [0.15, 0.2) is 60.7 Å². The third-order valence-electron chi connectivity index (χ3n) is 3.06. The van der Waals surface area contributed by atoms with Gasteiger partial charge in [-0.1, -0.05) is 19.9 Å². The van der Waals surface area contributed by atoms with Gasteiger partial charge < -0.3 is 10.2 Å². The van der Waals surface area contributed by atoms with Gasteiger partial charge in [0.25, 0.3) is 0 Å². The van der Waals surface area contributed by atoms with E-state index in [1.54, 1.807) is 0 Å². The minimum absolute atomic E-state index is 0.120. The largest absolute Gasteiger partial charge is 0.273 e. The van der Waals surface area contributed by atoms with Crippen molar-refractivity contribution in [3.63, 3.8) is 0 Å². The summed E-state index contributed by atoms with van der Waals surface area (Å²) in [6.45, 7) is 8.22. The van der Waals surface area contributed by atoms with Crippen LogP contribution in [0.3, 0.4) is 0 Å². The molecule has 0 saturated heterocycles. The summed E-state index contributed by atoms with van der Waals surface area (Å²) in [7, 11) is 0. The van der Waals surface area contributed by atoms with Gasteiger partial charge in [-0.2, -0.15) is 23.6 Å². The summed E-state index contributed by atoms with van der Waals surface area (Å²) in [5, 5.41) is 18.5. The Bertz CT molecular complexity index is 718. The zero-order valence-corrected chi connectivity index (χ0v) is 21.1. The van der Waals surface area contributed by atoms with Crippen molar-refractivity contribution in [3.8, 4) is 0 Å². The van der Waals surface area contributed by atoms with E-state index in [4.69, 9.17) is 10.2 Å². The molecule has 0 bridgehead atoms. The third-order valence-corrected chi connectivity index (χ3v) is 3.06. The molecule has 0 unspecified atom stereocenters. The fourth-order valence-corrected chi connectivity index (χ4v) is 1.84. The van der Waals surface area contributed by atoms with Gasteiger partial charge in [0.2, 0.25) is 0 Å². The molecular weight excluding hydrogens is 428 g/mol. The SMILES string of the molecule is CCCC(=O)O.CCCC(=O)O.C[Si](C)=[Ti+2].[C-]1=CC=CC1.c1ccc2[cH-]ccc2c1. The molecule has 3 rings (SSSR count). The van der Waals surface area contributed by atoms with Gasteiger partial charge in [0, 0.05) is 12.8 Å². The van der Waals surface area contributed by atoms with Gasteiger partial charge in [-0.3, -0.25) is 15.7 Å². The number of carboxylic acid groups (broad SMARTS) is 2. The minimum Gasteiger partial charge on any atom is -0.273 e. The molecule has 2 aromatic rings. The molecule has 0 aliphatic heterocycles. The van der Waals surface area contributed by atoms with Gasteiger partial charge in [0.05, 0.1) is 0 Å². The molecule has 162 valence electrons. The zero-order chi connectivity index (χ0) is 23.2. The van der Waals surface area contributed by atoms with Gasteiger partial charge in [-0.25, -0.2) is 12.2 Å². The van der Waals surface area contributed by atoms with E-state index in [1.165, 1.54) is 10.8 Å². The summed E-state index contributed by atoms with van der Waals surface area (Å²) >= 11 is 2.27. The average Bonchev–Trinajstić information content (AvgIpc) is 3.37. The van der Waals surface area contributed by atoms with Crippen LogP contribution in [0.2, 0.25) is 13.1 Å². The summed E-state index contributed by atoms with van der Waals surface area (Å²) in [6.07, 6.45) is 12.2. The van der Waals surface area contributed by atoms with Gasteiger partial charge in [0.15, 0.2) is 0 Å². The number of rotatable bonds is 4. The van der Waals surface area contributed by atoms with Gasteiger partial charge >= 0.3 is 50.4 Å². The number of allylic oxidation sites excluding steroid dienone is 4. The van der Waals surface area contributed by atoms with Crippen LogP contribution in [0.1, 0.15) is 46.0 Å². The van der Waals surface area contributed by atoms with Crippen molar-refractivity contribution >= 4 is 28.9 Å². The number of carbonyl (C=O) groups is 2. The second-order valence-electron chi connectivity index (χ2n) is 6.45. The van der Waals surface area contributed by atoms with Gasteiger partial charge in [-0.15, -0.1) is 36.1 Å². The number of carboxylic acids is 2. The Balaban J connectivity index is 0. The first-order valence-electron chi connectivity index (χ1n) is 10.0. The van der Waals surface area contributed by atoms with E-state index in [2.05, 4.69) is 86.9 Å². The first-order chi connectivity index (χ1) is 14.2. The Hall–Kier alpha value is -1.82. The summed E-state index contributed by atoms with van der Waals surface area (Å²) in [6, 6.07) is 14.7. The minimum atomic E-state index is -0.711. The third kappa shape index (κ3) is 24.2. The monoisotopic (exact) mass is 462 g/mol. The predicted molar refractivity (Wildman–Crippen MR) is 124 cm³/mol. The zero-order valence-electron chi connectivity index (χ0n) is 18.5. The summed E-state index contributed by atoms with van der Waals surface area (Å²) in [5.74, 6) is -1.42. The topological polar surface area (TPSA) is 74.6 Å². The second-order valence-corrected chi connectivity index (χ2v) is 13.1. The van der Waals surface area contributed by atoms with E-state index in [-0.39, 0.29) is 6.19 Å². The van der Waals surface area contributed by atoms with E-state index in [0.717, 1.165) is 19.3 Å². The standard InChI is InChI=1S/C9H7.C5H5.2C4H8O2.C2H6Si.Ti/c1-2-5-9-7-3-6-8(9)4-1;1-2-4-5-3-1;2*1-2-3-4(5)6;1-3-2;/h1-7H;1-3H,4H2;2*2-3H2,1H3,(H,5,6);1-2H3;/q2*-1;;;;+2. The Morgan fingerprint density at radius 2 is 1.60 bits per heavy atom. The van der Waals surface area contributed by atoms with Crippen molar-refractivity contribution in [3.05, 3.63) is 66.8 Å². The number of benzene rings is 1. The fourth-order valence-electron chi connectivity index (χ4n) is 1.84. The molecule has 30 heavy (non-hydrogen) atoms. The van der Waals surface area contributed by atoms with Crippen molar-refractivity contribution < 1.29 is 39.0 Å². The molecule has 1 aliphatic rings. The summed E-state index contributed by atoms with van der Waals surface area (Å²) in [4.78, 5) is 19.2. The fraction of sp³-hybridized carbons (Fsp3) is 0.375. The predicted octanol–water partition coefficient (Wildman–Crippen LogP) is 6.39. The van der Waals surface area contributed by atoms with Gasteiger partial charge in [-0.05, 0) is 12.8 Å². The molecule has 0 heterocycles. The Morgan fingerprint density at radius 3 is 1.90 bits per heavy atom. The van der Waals surface area contributed by atoms with Crippen LogP contribution in [0.25, 0.3) is 10.8 Å². The second kappa shape index (κ2) is 21.9. The molecule has 2 aromatic carbocycles. The number of fused-ring (bicyclic) bond motifs is 1. The average molecular weight is 462 g/mol. The molecule has 0 fully saturated rings. The first kappa shape index (κ1) is 30.4. The van der Waals surface area contributed by atoms with Crippen molar-refractivity contribution in [2.75, 3.05) is 0 Å². The van der Waals surface area contributed by atoms with Crippen LogP contribution in [-0.2, 0) is 28.8 Å². The van der Waals surface area contributed by atoms with Crippen LogP contribution in [0.4, 0.5) is 0 Å². The van der Waals surface area contributed by atoms with Gasteiger partial charge in [0.1, 0.15) is 0 Å². The normalized spacial score (nSPS) is 10.2. The van der Waals surface area contributed by atoms with E-state index in [9.17, 15) is 9.59 Å². The Morgan fingerprint density at radius 1 is 1.07 bits per heavy atom. The molecule has 0 radical (unpaired) electrons. The number of hydrogen-bond acceptors (Lipinski definition) is 2. The summed E-state index contributed by atoms with van der Waals surface area (Å²) in [5.41, 5.74) is 0. The molecule has 0 saturated carbocycles. The number of hydrogen-bond donors (Lipinski definition) is 2. The molecule has 0 spiro atoms. The van der Waals surface area contributed by atoms with E-state index in [1.807, 2.05) is 26.0 Å². The van der Waals surface area contributed by atoms with Crippen molar-refractivity contribution in [2.45, 2.75) is 59.0 Å². The molecule has 0 atom stereocenters. The number of aliphatic carboxylic acids is 2. The Kier molecular flexibility index (Phi) is 22.2. The quantitative estimate of drug-likeness (QED) is 0.408. The van der Waals surface area contributed by atoms with E-state index >= 15 is 0 Å². The van der Waals surface area contributed by atoms with Crippen molar-refractivity contribution in [1.29, 1.82) is 0 Å². The molecule has 6 heteroatoms. The van der Waals surface area contributed by atoms with Crippen molar-refractivity contribution in [2.24, 2.45) is 0 Å². The summed E-state index contributed by atoms with van der Waals surface area (Å²) < 4.78 is 0. The smallest absolute Gasteiger partial charge is 0.0809 e. The van der Waals surface area contributed by atoms with Crippen LogP contribution in [0.5, 0.6) is 0 Å². The van der Waals surface area contributed by atoms with Crippen LogP contribution in [-0.4, -0.2) is 28.3 Å². The molecule has 0 aromatic heterocycles. The van der Waals surface area contributed by atoms with E-state index < -0.39 is 11.9 Å². The van der Waals surface area contributed by atoms with Crippen molar-refractivity contribution in [1.82, 2.24) is 0 Å². The van der Waals surface area contributed by atoms with Crippen LogP contribution in [0, 0.1) is 6.08 Å². The van der Waals surface area contributed by atoms with Crippen LogP contribution >= 0.6 is 0 Å². The Labute approximate surface area is 193 Å². The molecule has 0 amide bonds. The van der Waals surface area contributed by atoms with E-state index in [0.29, 0.717) is 12.8 Å². The maximum Gasteiger partial charge on any atom is -0.0809 e. The molecular formula is C24H34O4SiTi. The molecule has 2 N–H and O–H groups in total. The maximum absolute atomic E-state index is 9.60. The maximum atomic E-state index is 9.60. The molecule has 4 nitrogen and oxygen atoms in total. The van der Waals surface area contributed by atoms with Crippen LogP contribution < -0.4 is 0 Å². The first-order valence-corrected chi connectivity index (χ1v) is 14.9.